The lowest BCUT2D eigenvalue weighted by Gasteiger charge is -2.26. The van der Waals surface area contributed by atoms with Crippen LogP contribution in [-0.4, -0.2) is 16.5 Å². The molecular weight excluding hydrogens is 174 g/mol. The predicted molar refractivity (Wildman–Crippen MR) is 54.9 cm³/mol. The van der Waals surface area contributed by atoms with Gasteiger partial charge in [-0.15, -0.1) is 0 Å². The summed E-state index contributed by atoms with van der Waals surface area (Å²) in [5, 5.41) is 4.44. The maximum Gasteiger partial charge on any atom is 0.159 e. The zero-order chi connectivity index (χ0) is 9.38. The third kappa shape index (κ3) is 1.17. The first-order chi connectivity index (χ1) is 6.93. The summed E-state index contributed by atoms with van der Waals surface area (Å²) < 4.78 is 0. The normalized spacial score (nSPS) is 20.7. The van der Waals surface area contributed by atoms with Crippen LogP contribution in [-0.2, 0) is 0 Å². The minimum atomic E-state index is 0.446. The second kappa shape index (κ2) is 3.03. The van der Waals surface area contributed by atoms with Crippen LogP contribution < -0.4 is 5.32 Å². The molecule has 0 saturated carbocycles. The van der Waals surface area contributed by atoms with Crippen molar-refractivity contribution in [3.8, 4) is 0 Å². The summed E-state index contributed by atoms with van der Waals surface area (Å²) in [4.78, 5) is 8.77. The van der Waals surface area contributed by atoms with Crippen LogP contribution in [0.5, 0.6) is 0 Å². The van der Waals surface area contributed by atoms with Crippen molar-refractivity contribution >= 4 is 11.0 Å². The number of pyridine rings is 2. The Kier molecular flexibility index (Phi) is 1.70. The number of rotatable bonds is 1. The molecule has 0 spiro atoms. The second-order valence-electron chi connectivity index (χ2n) is 3.58. The zero-order valence-corrected chi connectivity index (χ0v) is 7.77. The van der Waals surface area contributed by atoms with Gasteiger partial charge in [-0.25, -0.2) is 9.97 Å². The molecule has 0 aliphatic carbocycles. The first-order valence-corrected chi connectivity index (χ1v) is 4.88. The highest BCUT2D eigenvalue weighted by molar-refractivity contribution is 5.74. The molecule has 70 valence electrons. The SMILES string of the molecule is c1cnc2nc([C@@H]3CCN3)ccc2c1. The molecule has 2 aromatic heterocycles. The van der Waals surface area contributed by atoms with Crippen molar-refractivity contribution in [2.45, 2.75) is 12.5 Å². The molecule has 1 N–H and O–H groups in total. The van der Waals surface area contributed by atoms with Crippen molar-refractivity contribution in [2.24, 2.45) is 0 Å². The van der Waals surface area contributed by atoms with E-state index in [9.17, 15) is 0 Å². The molecule has 1 fully saturated rings. The third-order valence-corrected chi connectivity index (χ3v) is 2.67. The van der Waals surface area contributed by atoms with Crippen LogP contribution >= 0.6 is 0 Å². The molecule has 1 aliphatic rings. The minimum Gasteiger partial charge on any atom is -0.309 e. The number of fused-ring (bicyclic) bond motifs is 1. The van der Waals surface area contributed by atoms with Gasteiger partial charge in [-0.05, 0) is 37.2 Å². The fourth-order valence-electron chi connectivity index (χ4n) is 1.70. The summed E-state index contributed by atoms with van der Waals surface area (Å²) in [5.74, 6) is 0. The average Bonchev–Trinajstić information content (AvgIpc) is 2.15. The van der Waals surface area contributed by atoms with Crippen LogP contribution in [0.25, 0.3) is 11.0 Å². The largest absolute Gasteiger partial charge is 0.309 e. The van der Waals surface area contributed by atoms with Crippen molar-refractivity contribution in [1.29, 1.82) is 0 Å². The molecule has 3 nitrogen and oxygen atoms in total. The predicted octanol–water partition coefficient (Wildman–Crippen LogP) is 1.66. The third-order valence-electron chi connectivity index (χ3n) is 2.67. The smallest absolute Gasteiger partial charge is 0.159 e. The number of hydrogen-bond donors (Lipinski definition) is 1. The van der Waals surface area contributed by atoms with E-state index in [0.717, 1.165) is 23.3 Å². The highest BCUT2D eigenvalue weighted by Gasteiger charge is 2.19. The highest BCUT2D eigenvalue weighted by Crippen LogP contribution is 2.22. The molecule has 0 radical (unpaired) electrons. The monoisotopic (exact) mass is 185 g/mol. The van der Waals surface area contributed by atoms with Gasteiger partial charge in [-0.2, -0.15) is 0 Å². The van der Waals surface area contributed by atoms with E-state index in [-0.39, 0.29) is 0 Å². The van der Waals surface area contributed by atoms with Gasteiger partial charge in [0.15, 0.2) is 5.65 Å². The summed E-state index contributed by atoms with van der Waals surface area (Å²) in [7, 11) is 0. The Bertz CT molecular complexity index is 463. The van der Waals surface area contributed by atoms with Gasteiger partial charge in [0.05, 0.1) is 11.7 Å². The van der Waals surface area contributed by atoms with Crippen molar-refractivity contribution in [1.82, 2.24) is 15.3 Å². The van der Waals surface area contributed by atoms with Gasteiger partial charge in [0.1, 0.15) is 0 Å². The standard InChI is InChI=1S/C11H11N3/c1-2-8-3-4-10(9-5-7-12-9)14-11(8)13-6-1/h1-4,6,9,12H,5,7H2/t9-/m0/s1. The maximum atomic E-state index is 4.52. The Morgan fingerprint density at radius 3 is 3.00 bits per heavy atom. The van der Waals surface area contributed by atoms with Gasteiger partial charge >= 0.3 is 0 Å². The van der Waals surface area contributed by atoms with E-state index < -0.39 is 0 Å². The van der Waals surface area contributed by atoms with Crippen LogP contribution in [0, 0.1) is 0 Å². The first kappa shape index (κ1) is 7.88. The van der Waals surface area contributed by atoms with E-state index in [1.165, 1.54) is 6.42 Å². The molecule has 1 atom stereocenters. The molecule has 0 aromatic carbocycles. The molecule has 2 aromatic rings. The van der Waals surface area contributed by atoms with Gasteiger partial charge in [0, 0.05) is 11.6 Å². The summed E-state index contributed by atoms with van der Waals surface area (Å²) >= 11 is 0. The number of nitrogens with zero attached hydrogens (tertiary/aromatic N) is 2. The molecule has 0 amide bonds. The van der Waals surface area contributed by atoms with Crippen LogP contribution in [0.3, 0.4) is 0 Å². The first-order valence-electron chi connectivity index (χ1n) is 4.88. The Balaban J connectivity index is 2.10. The number of nitrogens with one attached hydrogen (secondary N) is 1. The second-order valence-corrected chi connectivity index (χ2v) is 3.58. The summed E-state index contributed by atoms with van der Waals surface area (Å²) in [6.07, 6.45) is 2.97. The lowest BCUT2D eigenvalue weighted by Crippen LogP contribution is -2.35. The van der Waals surface area contributed by atoms with E-state index in [4.69, 9.17) is 0 Å². The lowest BCUT2D eigenvalue weighted by molar-refractivity contribution is 0.376. The van der Waals surface area contributed by atoms with E-state index >= 15 is 0 Å². The topological polar surface area (TPSA) is 37.8 Å². The lowest BCUT2D eigenvalue weighted by atomic mass is 10.0. The van der Waals surface area contributed by atoms with E-state index in [0.29, 0.717) is 6.04 Å². The molecule has 14 heavy (non-hydrogen) atoms. The fraction of sp³-hybridized carbons (Fsp3) is 0.273. The molecule has 3 heterocycles. The van der Waals surface area contributed by atoms with Crippen LogP contribution in [0.15, 0.2) is 30.5 Å². The van der Waals surface area contributed by atoms with E-state index in [1.54, 1.807) is 6.20 Å². The Morgan fingerprint density at radius 1 is 1.29 bits per heavy atom. The van der Waals surface area contributed by atoms with Crippen molar-refractivity contribution < 1.29 is 0 Å². The molecule has 0 bridgehead atoms. The van der Waals surface area contributed by atoms with Gasteiger partial charge in [-0.1, -0.05) is 0 Å². The molecule has 3 heteroatoms. The summed E-state index contributed by atoms with van der Waals surface area (Å²) in [5.41, 5.74) is 1.96. The van der Waals surface area contributed by atoms with Crippen LogP contribution in [0.4, 0.5) is 0 Å². The van der Waals surface area contributed by atoms with E-state index in [2.05, 4.69) is 27.4 Å². The van der Waals surface area contributed by atoms with Crippen LogP contribution in [0.1, 0.15) is 18.2 Å². The Labute approximate surface area is 82.2 Å². The Hall–Kier alpha value is -1.48. The zero-order valence-electron chi connectivity index (χ0n) is 7.77. The minimum absolute atomic E-state index is 0.446. The quantitative estimate of drug-likeness (QED) is 0.734. The van der Waals surface area contributed by atoms with Gasteiger partial charge in [-0.3, -0.25) is 0 Å². The van der Waals surface area contributed by atoms with Gasteiger partial charge in [0.2, 0.25) is 0 Å². The molecule has 1 saturated heterocycles. The highest BCUT2D eigenvalue weighted by atomic mass is 15.0. The molecule has 3 rings (SSSR count). The maximum absolute atomic E-state index is 4.52. The van der Waals surface area contributed by atoms with Crippen molar-refractivity contribution in [2.75, 3.05) is 6.54 Å². The Morgan fingerprint density at radius 2 is 2.21 bits per heavy atom. The number of aromatic nitrogens is 2. The number of hydrogen-bond acceptors (Lipinski definition) is 3. The molecular formula is C11H11N3. The summed E-state index contributed by atoms with van der Waals surface area (Å²) in [6, 6.07) is 8.59. The fourth-order valence-corrected chi connectivity index (χ4v) is 1.70. The van der Waals surface area contributed by atoms with Gasteiger partial charge in [0.25, 0.3) is 0 Å². The summed E-state index contributed by atoms with van der Waals surface area (Å²) in [6.45, 7) is 1.10. The average molecular weight is 185 g/mol. The molecule has 0 unspecified atom stereocenters. The van der Waals surface area contributed by atoms with Gasteiger partial charge < -0.3 is 5.32 Å². The van der Waals surface area contributed by atoms with E-state index in [1.807, 2.05) is 12.1 Å². The van der Waals surface area contributed by atoms with Crippen molar-refractivity contribution in [3.63, 3.8) is 0 Å². The molecule has 1 aliphatic heterocycles. The van der Waals surface area contributed by atoms with Crippen LogP contribution in [0.2, 0.25) is 0 Å². The van der Waals surface area contributed by atoms with Crippen molar-refractivity contribution in [3.05, 3.63) is 36.2 Å².